The number of carboxylic acid groups (broad SMARTS) is 2. The Hall–Kier alpha value is -4.44. The standard InChI is InChI=1S/C24H28N4O2.C4H4O4/c1-27(2)12-11-19-16-25-21-9-8-18(14-20(19)21)10-13-28-23(29)22(26-24(28)30)15-17-6-4-3-5-7-17;5-3(6)1-2-4(7)8/h3-9,14,16,22,25H,10-13,15H2,1-2H3,(H,26,30);1-2H,(H,5,6)(H,7,8)/b;2-1-. The second kappa shape index (κ2) is 13.2. The highest BCUT2D eigenvalue weighted by atomic mass is 16.4. The van der Waals surface area contributed by atoms with Gasteiger partial charge in [-0.3, -0.25) is 9.69 Å². The molecular formula is C28H32N4O6. The second-order valence-corrected chi connectivity index (χ2v) is 9.19. The molecule has 2 heterocycles. The van der Waals surface area contributed by atoms with Gasteiger partial charge in [0.15, 0.2) is 0 Å². The summed E-state index contributed by atoms with van der Waals surface area (Å²) in [7, 11) is 4.15. The number of imide groups is 1. The summed E-state index contributed by atoms with van der Waals surface area (Å²) in [6.45, 7) is 1.38. The molecule has 0 spiro atoms. The highest BCUT2D eigenvalue weighted by Gasteiger charge is 2.37. The Morgan fingerprint density at radius 2 is 1.66 bits per heavy atom. The van der Waals surface area contributed by atoms with Gasteiger partial charge in [0, 0.05) is 48.8 Å². The number of urea groups is 1. The van der Waals surface area contributed by atoms with Gasteiger partial charge in [-0.25, -0.2) is 14.4 Å². The molecule has 4 N–H and O–H groups in total. The van der Waals surface area contributed by atoms with E-state index in [4.69, 9.17) is 10.2 Å². The topological polar surface area (TPSA) is 143 Å². The number of H-pyrrole nitrogens is 1. The minimum Gasteiger partial charge on any atom is -0.478 e. The molecule has 0 bridgehead atoms. The van der Waals surface area contributed by atoms with Crippen LogP contribution >= 0.6 is 0 Å². The molecule has 1 aromatic heterocycles. The Balaban J connectivity index is 0.000000436. The zero-order valence-corrected chi connectivity index (χ0v) is 21.4. The van der Waals surface area contributed by atoms with Crippen LogP contribution in [-0.2, 0) is 33.6 Å². The van der Waals surface area contributed by atoms with E-state index in [-0.39, 0.29) is 11.9 Å². The van der Waals surface area contributed by atoms with Crippen molar-refractivity contribution in [3.63, 3.8) is 0 Å². The number of carbonyl (C=O) groups is 4. The van der Waals surface area contributed by atoms with Crippen molar-refractivity contribution in [3.05, 3.63) is 83.6 Å². The molecule has 0 radical (unpaired) electrons. The van der Waals surface area contributed by atoms with E-state index >= 15 is 0 Å². The van der Waals surface area contributed by atoms with Gasteiger partial charge in [-0.2, -0.15) is 0 Å². The fourth-order valence-electron chi connectivity index (χ4n) is 4.09. The monoisotopic (exact) mass is 520 g/mol. The first kappa shape index (κ1) is 28.1. The van der Waals surface area contributed by atoms with Crippen LogP contribution in [-0.4, -0.2) is 82.1 Å². The molecule has 10 nitrogen and oxygen atoms in total. The lowest BCUT2D eigenvalue weighted by molar-refractivity contribution is -0.134. The van der Waals surface area contributed by atoms with Gasteiger partial charge in [0.2, 0.25) is 0 Å². The first-order chi connectivity index (χ1) is 18.1. The van der Waals surface area contributed by atoms with E-state index in [0.717, 1.165) is 29.6 Å². The molecule has 10 heteroatoms. The molecule has 3 amide bonds. The highest BCUT2D eigenvalue weighted by Crippen LogP contribution is 2.21. The normalized spacial score (nSPS) is 15.1. The molecule has 1 aliphatic heterocycles. The third-order valence-corrected chi connectivity index (χ3v) is 6.04. The number of carboxylic acids is 2. The number of aromatic nitrogens is 1. The van der Waals surface area contributed by atoms with Crippen molar-refractivity contribution in [1.82, 2.24) is 20.1 Å². The first-order valence-electron chi connectivity index (χ1n) is 12.2. The number of aromatic amines is 1. The summed E-state index contributed by atoms with van der Waals surface area (Å²) in [5.74, 6) is -2.65. The van der Waals surface area contributed by atoms with Crippen molar-refractivity contribution in [2.24, 2.45) is 0 Å². The minimum absolute atomic E-state index is 0.141. The molecule has 1 saturated heterocycles. The highest BCUT2D eigenvalue weighted by molar-refractivity contribution is 6.04. The zero-order chi connectivity index (χ0) is 27.7. The Labute approximate surface area is 220 Å². The van der Waals surface area contributed by atoms with Crippen molar-refractivity contribution in [2.45, 2.75) is 25.3 Å². The van der Waals surface area contributed by atoms with Crippen LogP contribution in [0.25, 0.3) is 10.9 Å². The SMILES string of the molecule is CN(C)CCc1c[nH]c2ccc(CCN3C(=O)NC(Cc4ccccc4)C3=O)cc12.O=C(O)/C=C\C(=O)O. The number of hydrogen-bond donors (Lipinski definition) is 4. The van der Waals surface area contributed by atoms with Gasteiger partial charge >= 0.3 is 18.0 Å². The molecule has 38 heavy (non-hydrogen) atoms. The Kier molecular flexibility index (Phi) is 9.78. The predicted octanol–water partition coefficient (Wildman–Crippen LogP) is 2.69. The molecule has 1 atom stereocenters. The van der Waals surface area contributed by atoms with Gasteiger partial charge in [-0.05, 0) is 55.8 Å². The summed E-state index contributed by atoms with van der Waals surface area (Å²) in [5, 5.41) is 19.7. The van der Waals surface area contributed by atoms with E-state index in [0.29, 0.717) is 31.5 Å². The van der Waals surface area contributed by atoms with Gasteiger partial charge in [0.1, 0.15) is 6.04 Å². The number of nitrogens with one attached hydrogen (secondary N) is 2. The summed E-state index contributed by atoms with van der Waals surface area (Å²) in [4.78, 5) is 51.1. The first-order valence-corrected chi connectivity index (χ1v) is 12.2. The Bertz CT molecular complexity index is 1300. The molecule has 200 valence electrons. The van der Waals surface area contributed by atoms with Crippen molar-refractivity contribution >= 4 is 34.8 Å². The summed E-state index contributed by atoms with van der Waals surface area (Å²) in [6.07, 6.45) is 5.33. The molecule has 1 fully saturated rings. The summed E-state index contributed by atoms with van der Waals surface area (Å²) < 4.78 is 0. The average molecular weight is 521 g/mol. The number of carbonyl (C=O) groups excluding carboxylic acids is 2. The number of fused-ring (bicyclic) bond motifs is 1. The number of aliphatic carboxylic acids is 2. The summed E-state index contributed by atoms with van der Waals surface area (Å²) >= 11 is 0. The van der Waals surface area contributed by atoms with E-state index in [1.807, 2.05) is 30.3 Å². The number of benzene rings is 2. The zero-order valence-electron chi connectivity index (χ0n) is 21.4. The van der Waals surface area contributed by atoms with E-state index in [9.17, 15) is 19.2 Å². The number of hydrogen-bond acceptors (Lipinski definition) is 5. The summed E-state index contributed by atoms with van der Waals surface area (Å²) in [6, 6.07) is 15.3. The smallest absolute Gasteiger partial charge is 0.328 e. The molecular weight excluding hydrogens is 488 g/mol. The predicted molar refractivity (Wildman–Crippen MR) is 143 cm³/mol. The minimum atomic E-state index is -1.26. The van der Waals surface area contributed by atoms with Crippen molar-refractivity contribution < 1.29 is 29.4 Å². The van der Waals surface area contributed by atoms with Gasteiger partial charge in [0.25, 0.3) is 5.91 Å². The lowest BCUT2D eigenvalue weighted by Crippen LogP contribution is -2.33. The number of likely N-dealkylation sites (N-methyl/N-ethyl adjacent to an activating group) is 1. The number of nitrogens with zero attached hydrogens (tertiary/aromatic N) is 2. The van der Waals surface area contributed by atoms with Crippen molar-refractivity contribution in [3.8, 4) is 0 Å². The van der Waals surface area contributed by atoms with Crippen LogP contribution in [0.1, 0.15) is 16.7 Å². The van der Waals surface area contributed by atoms with Crippen molar-refractivity contribution in [1.29, 1.82) is 0 Å². The van der Waals surface area contributed by atoms with Crippen LogP contribution in [0.2, 0.25) is 0 Å². The quantitative estimate of drug-likeness (QED) is 0.238. The Morgan fingerprint density at radius 1 is 0.974 bits per heavy atom. The lowest BCUT2D eigenvalue weighted by Gasteiger charge is -2.13. The van der Waals surface area contributed by atoms with Crippen LogP contribution in [0.5, 0.6) is 0 Å². The lowest BCUT2D eigenvalue weighted by atomic mass is 10.0. The Morgan fingerprint density at radius 3 is 2.29 bits per heavy atom. The molecule has 0 aliphatic carbocycles. The fraction of sp³-hybridized carbons (Fsp3) is 0.286. The maximum atomic E-state index is 12.7. The maximum Gasteiger partial charge on any atom is 0.328 e. The number of rotatable bonds is 10. The van der Waals surface area contributed by atoms with Crippen LogP contribution in [0.15, 0.2) is 66.9 Å². The van der Waals surface area contributed by atoms with E-state index in [2.05, 4.69) is 53.7 Å². The molecule has 4 rings (SSSR count). The van der Waals surface area contributed by atoms with Gasteiger partial charge in [-0.1, -0.05) is 36.4 Å². The van der Waals surface area contributed by atoms with Crippen LogP contribution in [0.4, 0.5) is 4.79 Å². The molecule has 2 aromatic carbocycles. The third-order valence-electron chi connectivity index (χ3n) is 6.04. The largest absolute Gasteiger partial charge is 0.478 e. The van der Waals surface area contributed by atoms with Crippen LogP contribution < -0.4 is 5.32 Å². The van der Waals surface area contributed by atoms with Gasteiger partial charge < -0.3 is 25.4 Å². The fourth-order valence-corrected chi connectivity index (χ4v) is 4.09. The average Bonchev–Trinajstić information content (AvgIpc) is 3.40. The van der Waals surface area contributed by atoms with E-state index in [1.165, 1.54) is 15.8 Å². The van der Waals surface area contributed by atoms with Crippen LogP contribution in [0.3, 0.4) is 0 Å². The van der Waals surface area contributed by atoms with Gasteiger partial charge in [-0.15, -0.1) is 0 Å². The third kappa shape index (κ3) is 8.04. The van der Waals surface area contributed by atoms with Crippen LogP contribution in [0, 0.1) is 0 Å². The van der Waals surface area contributed by atoms with Crippen molar-refractivity contribution in [2.75, 3.05) is 27.2 Å². The summed E-state index contributed by atoms with van der Waals surface area (Å²) in [5.41, 5.74) is 4.57. The maximum absolute atomic E-state index is 12.7. The molecule has 1 unspecified atom stereocenters. The molecule has 1 aliphatic rings. The van der Waals surface area contributed by atoms with E-state index in [1.54, 1.807) is 0 Å². The molecule has 3 aromatic rings. The van der Waals surface area contributed by atoms with E-state index < -0.39 is 18.0 Å². The number of amides is 3. The second-order valence-electron chi connectivity index (χ2n) is 9.19. The molecule has 0 saturated carbocycles. The van der Waals surface area contributed by atoms with Gasteiger partial charge in [0.05, 0.1) is 0 Å².